The van der Waals surface area contributed by atoms with E-state index in [0.717, 1.165) is 5.39 Å². The second-order valence-electron chi connectivity index (χ2n) is 4.67. The van der Waals surface area contributed by atoms with Gasteiger partial charge in [-0.1, -0.05) is 17.7 Å². The molecule has 0 aliphatic heterocycles. The first-order valence-corrected chi connectivity index (χ1v) is 7.74. The minimum Gasteiger partial charge on any atom is -0.451 e. The van der Waals surface area contributed by atoms with E-state index in [0.29, 0.717) is 21.0 Å². The molecule has 22 heavy (non-hydrogen) atoms. The molecule has 0 aliphatic rings. The monoisotopic (exact) mass is 334 g/mol. The minimum atomic E-state index is -0.658. The van der Waals surface area contributed by atoms with Crippen LogP contribution in [0.25, 0.3) is 11.0 Å². The van der Waals surface area contributed by atoms with Gasteiger partial charge in [0, 0.05) is 16.0 Å². The Kier molecular flexibility index (Phi) is 4.00. The number of ether oxygens (including phenoxy) is 1. The number of hydrogen-bond donors (Lipinski definition) is 0. The summed E-state index contributed by atoms with van der Waals surface area (Å²) >= 11 is 7.25. The van der Waals surface area contributed by atoms with Crippen molar-refractivity contribution >= 4 is 45.7 Å². The van der Waals surface area contributed by atoms with Gasteiger partial charge in [-0.25, -0.2) is 4.79 Å². The first-order chi connectivity index (χ1) is 10.6. The molecule has 0 saturated heterocycles. The Morgan fingerprint density at radius 1 is 1.32 bits per heavy atom. The smallest absolute Gasteiger partial charge is 0.375 e. The fraction of sp³-hybridized carbons (Fsp3) is 0.125. The Morgan fingerprint density at radius 2 is 2.14 bits per heavy atom. The van der Waals surface area contributed by atoms with Crippen LogP contribution in [0, 0.1) is 6.92 Å². The molecule has 3 rings (SSSR count). The first kappa shape index (κ1) is 14.8. The van der Waals surface area contributed by atoms with Gasteiger partial charge in [-0.3, -0.25) is 4.79 Å². The quantitative estimate of drug-likeness (QED) is 0.521. The fourth-order valence-electron chi connectivity index (χ4n) is 2.09. The van der Waals surface area contributed by atoms with E-state index in [1.54, 1.807) is 42.6 Å². The number of aryl methyl sites for hydroxylation is 1. The maximum absolute atomic E-state index is 12.1. The molecule has 0 amide bonds. The van der Waals surface area contributed by atoms with Gasteiger partial charge in [0.15, 0.2) is 6.61 Å². The lowest BCUT2D eigenvalue weighted by Crippen LogP contribution is -2.13. The molecule has 0 atom stereocenters. The molecule has 1 aromatic carbocycles. The van der Waals surface area contributed by atoms with Crippen LogP contribution in [0.5, 0.6) is 0 Å². The van der Waals surface area contributed by atoms with E-state index in [9.17, 15) is 9.59 Å². The van der Waals surface area contributed by atoms with E-state index < -0.39 is 5.97 Å². The van der Waals surface area contributed by atoms with Crippen molar-refractivity contribution in [3.8, 4) is 0 Å². The second kappa shape index (κ2) is 5.94. The van der Waals surface area contributed by atoms with Gasteiger partial charge in [0.2, 0.25) is 11.5 Å². The molecule has 2 heterocycles. The number of furan rings is 1. The maximum atomic E-state index is 12.1. The van der Waals surface area contributed by atoms with E-state index in [-0.39, 0.29) is 18.2 Å². The summed E-state index contributed by atoms with van der Waals surface area (Å²) < 4.78 is 10.5. The van der Waals surface area contributed by atoms with E-state index in [1.165, 1.54) is 11.3 Å². The van der Waals surface area contributed by atoms with Gasteiger partial charge in [0.25, 0.3) is 0 Å². The van der Waals surface area contributed by atoms with Crippen LogP contribution >= 0.6 is 22.9 Å². The van der Waals surface area contributed by atoms with E-state index in [2.05, 4.69) is 0 Å². The van der Waals surface area contributed by atoms with Crippen LogP contribution in [0.2, 0.25) is 5.02 Å². The van der Waals surface area contributed by atoms with Crippen molar-refractivity contribution in [3.05, 3.63) is 56.9 Å². The van der Waals surface area contributed by atoms with Crippen LogP contribution in [-0.4, -0.2) is 18.4 Å². The molecule has 0 fully saturated rings. The molecule has 0 bridgehead atoms. The van der Waals surface area contributed by atoms with Crippen LogP contribution in [0.15, 0.2) is 40.1 Å². The number of hydrogen-bond acceptors (Lipinski definition) is 5. The van der Waals surface area contributed by atoms with Crippen molar-refractivity contribution in [2.45, 2.75) is 6.92 Å². The summed E-state index contributed by atoms with van der Waals surface area (Å²) in [6.07, 6.45) is 0. The van der Waals surface area contributed by atoms with Crippen molar-refractivity contribution in [2.24, 2.45) is 0 Å². The summed E-state index contributed by atoms with van der Waals surface area (Å²) in [5.74, 6) is -0.800. The topological polar surface area (TPSA) is 56.5 Å². The van der Waals surface area contributed by atoms with Gasteiger partial charge in [0.05, 0.1) is 4.88 Å². The lowest BCUT2D eigenvalue weighted by molar-refractivity contribution is 0.0446. The number of fused-ring (bicyclic) bond motifs is 1. The number of halogens is 1. The molecule has 0 radical (unpaired) electrons. The molecule has 3 aromatic rings. The molecular weight excluding hydrogens is 324 g/mol. The van der Waals surface area contributed by atoms with Crippen molar-refractivity contribution in [1.82, 2.24) is 0 Å². The average molecular weight is 335 g/mol. The van der Waals surface area contributed by atoms with E-state index in [4.69, 9.17) is 20.8 Å². The number of esters is 1. The Balaban J connectivity index is 1.78. The first-order valence-electron chi connectivity index (χ1n) is 6.49. The van der Waals surface area contributed by atoms with Gasteiger partial charge in [-0.15, -0.1) is 11.3 Å². The number of carbonyl (C=O) groups excluding carboxylic acids is 2. The highest BCUT2D eigenvalue weighted by molar-refractivity contribution is 7.12. The van der Waals surface area contributed by atoms with Crippen molar-refractivity contribution in [2.75, 3.05) is 6.61 Å². The van der Waals surface area contributed by atoms with Gasteiger partial charge in [-0.2, -0.15) is 0 Å². The van der Waals surface area contributed by atoms with Gasteiger partial charge >= 0.3 is 5.97 Å². The Morgan fingerprint density at radius 3 is 2.86 bits per heavy atom. The molecule has 4 nitrogen and oxygen atoms in total. The Hall–Kier alpha value is -2.11. The molecule has 2 aromatic heterocycles. The third-order valence-corrected chi connectivity index (χ3v) is 4.36. The molecule has 0 N–H and O–H groups in total. The predicted molar refractivity (Wildman–Crippen MR) is 84.9 cm³/mol. The van der Waals surface area contributed by atoms with Crippen molar-refractivity contribution < 1.29 is 18.7 Å². The summed E-state index contributed by atoms with van der Waals surface area (Å²) in [6.45, 7) is 1.44. The molecule has 0 spiro atoms. The number of ketones is 1. The molecule has 0 aliphatic carbocycles. The summed E-state index contributed by atoms with van der Waals surface area (Å²) in [7, 11) is 0. The number of thiophene rings is 1. The molecule has 6 heteroatoms. The molecule has 0 unspecified atom stereocenters. The third kappa shape index (κ3) is 2.77. The normalized spacial score (nSPS) is 10.8. The highest BCUT2D eigenvalue weighted by atomic mass is 35.5. The lowest BCUT2D eigenvalue weighted by Gasteiger charge is -2.01. The number of benzene rings is 1. The van der Waals surface area contributed by atoms with Crippen LogP contribution in [0.1, 0.15) is 25.8 Å². The van der Waals surface area contributed by atoms with Gasteiger partial charge in [-0.05, 0) is 36.6 Å². The zero-order valence-electron chi connectivity index (χ0n) is 11.6. The van der Waals surface area contributed by atoms with E-state index in [1.807, 2.05) is 0 Å². The van der Waals surface area contributed by atoms with E-state index >= 15 is 0 Å². The molecular formula is C16H11ClO4S. The van der Waals surface area contributed by atoms with Crippen molar-refractivity contribution in [3.63, 3.8) is 0 Å². The minimum absolute atomic E-state index is 0.0937. The summed E-state index contributed by atoms with van der Waals surface area (Å²) in [4.78, 5) is 24.5. The predicted octanol–water partition coefficient (Wildman–Crippen LogP) is 4.50. The van der Waals surface area contributed by atoms with Crippen LogP contribution in [0.3, 0.4) is 0 Å². The standard InChI is InChI=1S/C16H11ClO4S/c1-9-11-7-10(17)4-5-13(11)21-15(9)16(19)20-8-12(18)14-3-2-6-22-14/h2-7H,8H2,1H3. The Bertz CT molecular complexity index is 849. The highest BCUT2D eigenvalue weighted by Gasteiger charge is 2.20. The summed E-state index contributed by atoms with van der Waals surface area (Å²) in [5.41, 5.74) is 1.20. The van der Waals surface area contributed by atoms with Crippen LogP contribution < -0.4 is 0 Å². The largest absolute Gasteiger partial charge is 0.451 e. The summed E-state index contributed by atoms with van der Waals surface area (Å²) in [5, 5.41) is 3.11. The maximum Gasteiger partial charge on any atom is 0.375 e. The average Bonchev–Trinajstić information content (AvgIpc) is 3.14. The zero-order valence-corrected chi connectivity index (χ0v) is 13.2. The number of rotatable bonds is 4. The molecule has 0 saturated carbocycles. The molecule has 112 valence electrons. The van der Waals surface area contributed by atoms with Crippen LogP contribution in [-0.2, 0) is 4.74 Å². The lowest BCUT2D eigenvalue weighted by atomic mass is 10.1. The number of Topliss-reactive ketones (excluding diaryl/α,β-unsaturated/α-hetero) is 1. The summed E-state index contributed by atoms with van der Waals surface area (Å²) in [6, 6.07) is 8.56. The Labute approximate surface area is 135 Å². The van der Waals surface area contributed by atoms with Gasteiger partial charge in [0.1, 0.15) is 5.58 Å². The highest BCUT2D eigenvalue weighted by Crippen LogP contribution is 2.28. The SMILES string of the molecule is Cc1c(C(=O)OCC(=O)c2cccs2)oc2ccc(Cl)cc12. The van der Waals surface area contributed by atoms with Gasteiger partial charge < -0.3 is 9.15 Å². The second-order valence-corrected chi connectivity index (χ2v) is 6.06. The van der Waals surface area contributed by atoms with Crippen molar-refractivity contribution in [1.29, 1.82) is 0 Å². The zero-order chi connectivity index (χ0) is 15.7. The third-order valence-electron chi connectivity index (χ3n) is 3.21. The number of carbonyl (C=O) groups is 2. The van der Waals surface area contributed by atoms with Crippen LogP contribution in [0.4, 0.5) is 0 Å². The fourth-order valence-corrected chi connectivity index (χ4v) is 2.92.